The van der Waals surface area contributed by atoms with E-state index in [-0.39, 0.29) is 17.4 Å². The van der Waals surface area contributed by atoms with Gasteiger partial charge in [-0.2, -0.15) is 5.10 Å². The van der Waals surface area contributed by atoms with E-state index in [1.54, 1.807) is 28.4 Å². The van der Waals surface area contributed by atoms with Crippen LogP contribution in [0.4, 0.5) is 4.39 Å². The van der Waals surface area contributed by atoms with Crippen LogP contribution >= 0.6 is 0 Å². The number of hydrogen-bond donors (Lipinski definition) is 0. The highest BCUT2D eigenvalue weighted by atomic mass is 19.1. The van der Waals surface area contributed by atoms with Crippen molar-refractivity contribution in [3.05, 3.63) is 57.8 Å². The van der Waals surface area contributed by atoms with E-state index in [9.17, 15) is 9.18 Å². The molecule has 1 fully saturated rings. The number of ether oxygens (including phenoxy) is 1. The molecular formula is C21H23FN4O2. The molecule has 0 saturated carbocycles. The molecule has 146 valence electrons. The van der Waals surface area contributed by atoms with E-state index in [0.717, 1.165) is 24.1 Å². The van der Waals surface area contributed by atoms with Crippen molar-refractivity contribution >= 4 is 0 Å². The van der Waals surface area contributed by atoms with Crippen LogP contribution in [0.3, 0.4) is 0 Å². The normalized spacial score (nSPS) is 16.6. The molecule has 0 aliphatic carbocycles. The largest absolute Gasteiger partial charge is 0.379 e. The van der Waals surface area contributed by atoms with Crippen LogP contribution in [0.5, 0.6) is 0 Å². The lowest BCUT2D eigenvalue weighted by Gasteiger charge is -2.15. The summed E-state index contributed by atoms with van der Waals surface area (Å²) in [6, 6.07) is 8.06. The summed E-state index contributed by atoms with van der Waals surface area (Å²) in [6.45, 7) is 5.19. The minimum Gasteiger partial charge on any atom is -0.379 e. The quantitative estimate of drug-likeness (QED) is 0.695. The van der Waals surface area contributed by atoms with Gasteiger partial charge in [0, 0.05) is 24.9 Å². The number of benzene rings is 1. The number of aromatic nitrogens is 4. The Bertz CT molecular complexity index is 1080. The molecule has 1 aliphatic rings. The van der Waals surface area contributed by atoms with Gasteiger partial charge < -0.3 is 9.30 Å². The first-order chi connectivity index (χ1) is 13.5. The topological polar surface area (TPSA) is 61.9 Å². The lowest BCUT2D eigenvalue weighted by atomic mass is 10.1. The van der Waals surface area contributed by atoms with Crippen molar-refractivity contribution in [2.45, 2.75) is 32.7 Å². The summed E-state index contributed by atoms with van der Waals surface area (Å²) in [5, 5.41) is 4.63. The predicted molar refractivity (Wildman–Crippen MR) is 105 cm³/mol. The molecule has 28 heavy (non-hydrogen) atoms. The minimum atomic E-state index is -0.348. The first kappa shape index (κ1) is 18.6. The highest BCUT2D eigenvalue weighted by Crippen LogP contribution is 2.28. The maximum absolute atomic E-state index is 13.7. The Morgan fingerprint density at radius 3 is 2.82 bits per heavy atom. The number of pyridine rings is 1. The molecule has 3 heterocycles. The number of nitrogens with zero attached hydrogens (tertiary/aromatic N) is 4. The lowest BCUT2D eigenvalue weighted by molar-refractivity contribution is 0.185. The fourth-order valence-electron chi connectivity index (χ4n) is 3.83. The van der Waals surface area contributed by atoms with Crippen molar-refractivity contribution in [1.82, 2.24) is 19.3 Å². The minimum absolute atomic E-state index is 0.000623. The van der Waals surface area contributed by atoms with E-state index in [1.807, 2.05) is 19.9 Å². The molecule has 3 aromatic rings. The van der Waals surface area contributed by atoms with Gasteiger partial charge in [-0.1, -0.05) is 19.1 Å². The van der Waals surface area contributed by atoms with Crippen molar-refractivity contribution in [3.63, 3.8) is 0 Å². The van der Waals surface area contributed by atoms with Gasteiger partial charge in [0.1, 0.15) is 5.82 Å². The third-order valence-electron chi connectivity index (χ3n) is 5.30. The highest BCUT2D eigenvalue weighted by molar-refractivity contribution is 5.62. The molecule has 1 atom stereocenters. The molecule has 1 aliphatic heterocycles. The molecule has 1 aromatic carbocycles. The number of halogens is 1. The summed E-state index contributed by atoms with van der Waals surface area (Å²) in [5.74, 6) is 0.556. The Morgan fingerprint density at radius 1 is 1.32 bits per heavy atom. The van der Waals surface area contributed by atoms with Crippen LogP contribution < -0.4 is 5.56 Å². The molecule has 0 spiro atoms. The van der Waals surface area contributed by atoms with Crippen LogP contribution in [0, 0.1) is 12.7 Å². The van der Waals surface area contributed by atoms with Gasteiger partial charge in [0.05, 0.1) is 18.2 Å². The molecule has 1 unspecified atom stereocenters. The Balaban J connectivity index is 1.92. The van der Waals surface area contributed by atoms with Gasteiger partial charge in [-0.3, -0.25) is 4.79 Å². The van der Waals surface area contributed by atoms with E-state index in [1.165, 1.54) is 12.1 Å². The van der Waals surface area contributed by atoms with Crippen molar-refractivity contribution in [2.75, 3.05) is 13.2 Å². The standard InChI is InChI=1S/C21H23FN4O2/c1-4-18-13(2)10-17(21(27)25(18)3)20-23-19(14-6-5-7-15(22)11-14)24-26(20)16-8-9-28-12-16/h5-7,10-11,16H,4,8-9,12H2,1-3H3. The van der Waals surface area contributed by atoms with Crippen molar-refractivity contribution in [1.29, 1.82) is 0 Å². The summed E-state index contributed by atoms with van der Waals surface area (Å²) >= 11 is 0. The van der Waals surface area contributed by atoms with E-state index in [0.29, 0.717) is 36.0 Å². The van der Waals surface area contributed by atoms with Gasteiger partial charge in [-0.25, -0.2) is 14.1 Å². The summed E-state index contributed by atoms with van der Waals surface area (Å²) in [4.78, 5) is 17.7. The SMILES string of the molecule is CCc1c(C)cc(-c2nc(-c3cccc(F)c3)nn2C2CCOC2)c(=O)n1C. The lowest BCUT2D eigenvalue weighted by Crippen LogP contribution is -2.25. The Morgan fingerprint density at radius 2 is 2.14 bits per heavy atom. The Kier molecular flexibility index (Phi) is 4.85. The van der Waals surface area contributed by atoms with Crippen LogP contribution in [-0.2, 0) is 18.2 Å². The van der Waals surface area contributed by atoms with Gasteiger partial charge >= 0.3 is 0 Å². The zero-order chi connectivity index (χ0) is 19.8. The molecule has 2 aromatic heterocycles. The third-order valence-corrected chi connectivity index (χ3v) is 5.30. The Hall–Kier alpha value is -2.80. The van der Waals surface area contributed by atoms with Crippen molar-refractivity contribution in [2.24, 2.45) is 7.05 Å². The second-order valence-corrected chi connectivity index (χ2v) is 7.14. The summed E-state index contributed by atoms with van der Waals surface area (Å²) < 4.78 is 22.7. The monoisotopic (exact) mass is 382 g/mol. The molecule has 0 amide bonds. The predicted octanol–water partition coefficient (Wildman–Crippen LogP) is 3.28. The van der Waals surface area contributed by atoms with E-state index in [2.05, 4.69) is 10.1 Å². The molecule has 7 heteroatoms. The molecule has 6 nitrogen and oxygen atoms in total. The number of rotatable bonds is 4. The van der Waals surface area contributed by atoms with Gasteiger partial charge in [-0.15, -0.1) is 0 Å². The van der Waals surface area contributed by atoms with E-state index < -0.39 is 0 Å². The average molecular weight is 382 g/mol. The molecule has 0 bridgehead atoms. The fourth-order valence-corrected chi connectivity index (χ4v) is 3.83. The average Bonchev–Trinajstić information content (AvgIpc) is 3.34. The van der Waals surface area contributed by atoms with Gasteiger partial charge in [0.25, 0.3) is 5.56 Å². The molecule has 0 N–H and O–H groups in total. The summed E-state index contributed by atoms with van der Waals surface area (Å²) in [5.41, 5.74) is 3.00. The fraction of sp³-hybridized carbons (Fsp3) is 0.381. The number of hydrogen-bond acceptors (Lipinski definition) is 4. The smallest absolute Gasteiger partial charge is 0.261 e. The third kappa shape index (κ3) is 3.16. The second kappa shape index (κ2) is 7.31. The zero-order valence-corrected chi connectivity index (χ0v) is 16.3. The van der Waals surface area contributed by atoms with Crippen molar-refractivity contribution < 1.29 is 9.13 Å². The second-order valence-electron chi connectivity index (χ2n) is 7.14. The molecule has 1 saturated heterocycles. The zero-order valence-electron chi connectivity index (χ0n) is 16.3. The van der Waals surface area contributed by atoms with Crippen LogP contribution in [0.1, 0.15) is 30.6 Å². The van der Waals surface area contributed by atoms with Crippen molar-refractivity contribution in [3.8, 4) is 22.8 Å². The highest BCUT2D eigenvalue weighted by Gasteiger charge is 2.26. The first-order valence-corrected chi connectivity index (χ1v) is 9.49. The van der Waals surface area contributed by atoms with Gasteiger partial charge in [0.15, 0.2) is 11.6 Å². The molecular weight excluding hydrogens is 359 g/mol. The van der Waals surface area contributed by atoms with Crippen LogP contribution in [0.25, 0.3) is 22.8 Å². The van der Waals surface area contributed by atoms with E-state index in [4.69, 9.17) is 4.74 Å². The number of aryl methyl sites for hydroxylation is 1. The van der Waals surface area contributed by atoms with Gasteiger partial charge in [0.2, 0.25) is 0 Å². The maximum atomic E-state index is 13.7. The summed E-state index contributed by atoms with van der Waals surface area (Å²) in [6.07, 6.45) is 1.57. The van der Waals surface area contributed by atoms with Gasteiger partial charge in [-0.05, 0) is 43.5 Å². The molecule has 4 rings (SSSR count). The van der Waals surface area contributed by atoms with Crippen LogP contribution in [0.15, 0.2) is 35.1 Å². The van der Waals surface area contributed by atoms with Crippen LogP contribution in [-0.4, -0.2) is 32.5 Å². The first-order valence-electron chi connectivity index (χ1n) is 9.49. The molecule has 0 radical (unpaired) electrons. The summed E-state index contributed by atoms with van der Waals surface area (Å²) in [7, 11) is 1.78. The van der Waals surface area contributed by atoms with Crippen LogP contribution in [0.2, 0.25) is 0 Å². The maximum Gasteiger partial charge on any atom is 0.261 e. The Labute approximate surface area is 162 Å². The van der Waals surface area contributed by atoms with E-state index >= 15 is 0 Å².